The van der Waals surface area contributed by atoms with Gasteiger partial charge in [0.05, 0.1) is 16.4 Å². The molecular weight excluding hydrogens is 281 g/mol. The van der Waals surface area contributed by atoms with E-state index in [1.54, 1.807) is 12.2 Å². The third-order valence-corrected chi connectivity index (χ3v) is 2.61. The van der Waals surface area contributed by atoms with Gasteiger partial charge in [0.15, 0.2) is 0 Å². The van der Waals surface area contributed by atoms with Gasteiger partial charge in [-0.1, -0.05) is 18.2 Å². The third-order valence-electron chi connectivity index (χ3n) is 1.81. The van der Waals surface area contributed by atoms with Crippen molar-refractivity contribution in [1.82, 2.24) is 0 Å². The number of rotatable bonds is 2. The van der Waals surface area contributed by atoms with E-state index < -0.39 is 0 Å². The van der Waals surface area contributed by atoms with Crippen LogP contribution < -0.4 is 0 Å². The van der Waals surface area contributed by atoms with Gasteiger partial charge in [-0.25, -0.2) is 4.79 Å². The van der Waals surface area contributed by atoms with Gasteiger partial charge in [0, 0.05) is 5.92 Å². The highest BCUT2D eigenvalue weighted by Gasteiger charge is 2.16. The Balaban J connectivity index is 2.80. The van der Waals surface area contributed by atoms with Crippen LogP contribution in [0.4, 0.5) is 0 Å². The number of hydrogen-bond acceptors (Lipinski definition) is 3. The predicted octanol–water partition coefficient (Wildman–Crippen LogP) is 2.07. The van der Waals surface area contributed by atoms with Crippen LogP contribution in [0, 0.1) is 11.3 Å². The lowest BCUT2D eigenvalue weighted by atomic mass is 9.97. The highest BCUT2D eigenvalue weighted by Crippen LogP contribution is 2.20. The summed E-state index contributed by atoms with van der Waals surface area (Å²) in [6.07, 6.45) is 6.20. The molecule has 1 aliphatic rings. The van der Waals surface area contributed by atoms with Crippen molar-refractivity contribution in [1.29, 1.82) is 5.41 Å². The van der Waals surface area contributed by atoms with Gasteiger partial charge in [-0.3, -0.25) is 5.41 Å². The summed E-state index contributed by atoms with van der Waals surface area (Å²) >= 11 is 1.96. The number of allylic oxidation sites excluding steroid dienone is 2. The number of methoxy groups -OCH3 is 1. The Morgan fingerprint density at radius 3 is 3.00 bits per heavy atom. The van der Waals surface area contributed by atoms with Crippen LogP contribution in [0.25, 0.3) is 0 Å². The SMILES string of the molecule is COC(=O)C1=C[C@@H](C(=N)I)CC=C1. The maximum Gasteiger partial charge on any atom is 0.337 e. The molecule has 1 rings (SSSR count). The fourth-order valence-corrected chi connectivity index (χ4v) is 1.55. The molecule has 1 atom stereocenters. The largest absolute Gasteiger partial charge is 0.465 e. The van der Waals surface area contributed by atoms with Crippen LogP contribution in [0.3, 0.4) is 0 Å². The van der Waals surface area contributed by atoms with E-state index in [0.29, 0.717) is 9.29 Å². The number of carbonyl (C=O) groups excluding carboxylic acids is 1. The highest BCUT2D eigenvalue weighted by atomic mass is 127. The second-order valence-corrected chi connectivity index (χ2v) is 3.87. The number of halogens is 1. The summed E-state index contributed by atoms with van der Waals surface area (Å²) in [4.78, 5) is 11.1. The van der Waals surface area contributed by atoms with Crippen LogP contribution >= 0.6 is 22.6 Å². The summed E-state index contributed by atoms with van der Waals surface area (Å²) in [6.45, 7) is 0. The van der Waals surface area contributed by atoms with E-state index in [4.69, 9.17) is 5.41 Å². The zero-order valence-corrected chi connectivity index (χ0v) is 9.37. The summed E-state index contributed by atoms with van der Waals surface area (Å²) in [7, 11) is 1.36. The molecule has 3 nitrogen and oxygen atoms in total. The van der Waals surface area contributed by atoms with Crippen LogP contribution in [0.15, 0.2) is 23.8 Å². The van der Waals surface area contributed by atoms with Gasteiger partial charge in [-0.15, -0.1) is 0 Å². The summed E-state index contributed by atoms with van der Waals surface area (Å²) in [6, 6.07) is 0. The standard InChI is InChI=1S/C9H10INO2/c1-13-9(12)7-4-2-3-6(5-7)8(10)11/h2,4-6,11H,3H2,1H3/t6-/m0/s1. The maximum absolute atomic E-state index is 11.1. The summed E-state index contributed by atoms with van der Waals surface area (Å²) < 4.78 is 5.13. The number of esters is 1. The molecule has 1 aliphatic carbocycles. The summed E-state index contributed by atoms with van der Waals surface area (Å²) in [5.74, 6) is -0.293. The third kappa shape index (κ3) is 2.65. The monoisotopic (exact) mass is 291 g/mol. The number of nitrogens with one attached hydrogen (secondary N) is 1. The molecular formula is C9H10INO2. The lowest BCUT2D eigenvalue weighted by Crippen LogP contribution is -2.12. The first kappa shape index (κ1) is 10.4. The Morgan fingerprint density at radius 2 is 2.46 bits per heavy atom. The summed E-state index contributed by atoms with van der Waals surface area (Å²) in [5, 5.41) is 7.43. The van der Waals surface area contributed by atoms with Crippen molar-refractivity contribution in [2.45, 2.75) is 6.42 Å². The van der Waals surface area contributed by atoms with Crippen molar-refractivity contribution < 1.29 is 9.53 Å². The molecule has 0 radical (unpaired) electrons. The van der Waals surface area contributed by atoms with E-state index in [1.165, 1.54) is 7.11 Å². The van der Waals surface area contributed by atoms with E-state index >= 15 is 0 Å². The van der Waals surface area contributed by atoms with Crippen molar-refractivity contribution in [3.8, 4) is 0 Å². The molecule has 0 aromatic carbocycles. The van der Waals surface area contributed by atoms with Crippen molar-refractivity contribution >= 4 is 32.3 Å². The molecule has 0 spiro atoms. The van der Waals surface area contributed by atoms with E-state index in [9.17, 15) is 4.79 Å². The lowest BCUT2D eigenvalue weighted by Gasteiger charge is -2.12. The minimum Gasteiger partial charge on any atom is -0.465 e. The fraction of sp³-hybridized carbons (Fsp3) is 0.333. The molecule has 0 heterocycles. The van der Waals surface area contributed by atoms with Gasteiger partial charge in [-0.2, -0.15) is 0 Å². The second-order valence-electron chi connectivity index (χ2n) is 2.71. The van der Waals surface area contributed by atoms with E-state index in [-0.39, 0.29) is 11.9 Å². The number of hydrogen-bond donors (Lipinski definition) is 1. The zero-order chi connectivity index (χ0) is 9.84. The first-order valence-electron chi connectivity index (χ1n) is 3.85. The molecule has 1 N–H and O–H groups in total. The van der Waals surface area contributed by atoms with Gasteiger partial charge >= 0.3 is 5.97 Å². The van der Waals surface area contributed by atoms with Gasteiger partial charge < -0.3 is 4.74 Å². The van der Waals surface area contributed by atoms with E-state index in [1.807, 2.05) is 28.7 Å². The molecule has 0 amide bonds. The molecule has 0 saturated carbocycles. The molecule has 0 saturated heterocycles. The second kappa shape index (κ2) is 4.55. The minimum atomic E-state index is -0.335. The Morgan fingerprint density at radius 1 is 1.77 bits per heavy atom. The maximum atomic E-state index is 11.1. The molecule has 0 bridgehead atoms. The molecule has 70 valence electrons. The normalized spacial score (nSPS) is 20.8. The fourth-order valence-electron chi connectivity index (χ4n) is 1.11. The van der Waals surface area contributed by atoms with Gasteiger partial charge in [0.2, 0.25) is 0 Å². The molecule has 0 unspecified atom stereocenters. The molecule has 4 heteroatoms. The Kier molecular flexibility index (Phi) is 3.65. The molecule has 13 heavy (non-hydrogen) atoms. The first-order valence-corrected chi connectivity index (χ1v) is 4.93. The molecule has 0 aromatic heterocycles. The van der Waals surface area contributed by atoms with Crippen LogP contribution in [-0.2, 0) is 9.53 Å². The average Bonchev–Trinajstić information content (AvgIpc) is 2.17. The quantitative estimate of drug-likeness (QED) is 0.481. The molecule has 0 fully saturated rings. The highest BCUT2D eigenvalue weighted by molar-refractivity contribution is 14.1. The van der Waals surface area contributed by atoms with Gasteiger partial charge in [0.1, 0.15) is 0 Å². The summed E-state index contributed by atoms with van der Waals surface area (Å²) in [5.41, 5.74) is 0.542. The number of carbonyl (C=O) groups is 1. The lowest BCUT2D eigenvalue weighted by molar-refractivity contribution is -0.135. The first-order chi connectivity index (χ1) is 6.15. The van der Waals surface area contributed by atoms with Crippen LogP contribution in [0.5, 0.6) is 0 Å². The van der Waals surface area contributed by atoms with Crippen LogP contribution in [0.2, 0.25) is 0 Å². The Labute approximate surface area is 90.5 Å². The topological polar surface area (TPSA) is 50.2 Å². The van der Waals surface area contributed by atoms with Crippen molar-refractivity contribution in [2.75, 3.05) is 7.11 Å². The average molecular weight is 291 g/mol. The predicted molar refractivity (Wildman–Crippen MR) is 59.1 cm³/mol. The number of ether oxygens (including phenoxy) is 1. The van der Waals surface area contributed by atoms with E-state index in [0.717, 1.165) is 6.42 Å². The smallest absolute Gasteiger partial charge is 0.337 e. The zero-order valence-electron chi connectivity index (χ0n) is 7.21. The minimum absolute atomic E-state index is 0.0414. The Bertz CT molecular complexity index is 294. The van der Waals surface area contributed by atoms with Crippen LogP contribution in [0.1, 0.15) is 6.42 Å². The molecule has 0 aromatic rings. The van der Waals surface area contributed by atoms with Crippen LogP contribution in [-0.4, -0.2) is 16.8 Å². The van der Waals surface area contributed by atoms with Gasteiger partial charge in [-0.05, 0) is 29.0 Å². The van der Waals surface area contributed by atoms with Crippen molar-refractivity contribution in [3.63, 3.8) is 0 Å². The Hall–Kier alpha value is -0.650. The van der Waals surface area contributed by atoms with Crippen molar-refractivity contribution in [2.24, 2.45) is 5.92 Å². The van der Waals surface area contributed by atoms with Gasteiger partial charge in [0.25, 0.3) is 0 Å². The van der Waals surface area contributed by atoms with E-state index in [2.05, 4.69) is 4.74 Å². The van der Waals surface area contributed by atoms with Crippen molar-refractivity contribution in [3.05, 3.63) is 23.8 Å². The molecule has 0 aliphatic heterocycles.